The average Bonchev–Trinajstić information content (AvgIpc) is 2.54. The van der Waals surface area contributed by atoms with Gasteiger partial charge in [0.25, 0.3) is 0 Å². The number of hydrogen-bond donors (Lipinski definition) is 1. The molecule has 2 rings (SSSR count). The molecule has 5 nitrogen and oxygen atoms in total. The van der Waals surface area contributed by atoms with Crippen LogP contribution in [0.25, 0.3) is 0 Å². The molecule has 6 heteroatoms. The quantitative estimate of drug-likeness (QED) is 0.841. The number of carbonyl (C=O) groups is 1. The molecular formula is C15H20O5S. The van der Waals surface area contributed by atoms with E-state index >= 15 is 0 Å². The van der Waals surface area contributed by atoms with Gasteiger partial charge in [-0.3, -0.25) is 0 Å². The molecule has 0 radical (unpaired) electrons. The highest BCUT2D eigenvalue weighted by atomic mass is 32.2. The van der Waals surface area contributed by atoms with Crippen LogP contribution < -0.4 is 9.47 Å². The Morgan fingerprint density at radius 1 is 1.38 bits per heavy atom. The number of hydrogen-bond acceptors (Lipinski definition) is 6. The van der Waals surface area contributed by atoms with E-state index in [-0.39, 0.29) is 6.10 Å². The molecule has 0 bridgehead atoms. The predicted octanol–water partition coefficient (Wildman–Crippen LogP) is 2.18. The molecule has 1 aliphatic rings. The van der Waals surface area contributed by atoms with E-state index in [0.717, 1.165) is 18.6 Å². The molecule has 0 aliphatic carbocycles. The van der Waals surface area contributed by atoms with Crippen molar-refractivity contribution >= 4 is 17.7 Å². The summed E-state index contributed by atoms with van der Waals surface area (Å²) in [6, 6.07) is 4.97. The van der Waals surface area contributed by atoms with E-state index in [1.165, 1.54) is 20.0 Å². The van der Waals surface area contributed by atoms with Crippen LogP contribution >= 0.6 is 11.8 Å². The molecule has 2 unspecified atom stereocenters. The van der Waals surface area contributed by atoms with E-state index < -0.39 is 12.1 Å². The Hall–Kier alpha value is -1.40. The third kappa shape index (κ3) is 4.04. The second-order valence-corrected chi connectivity index (χ2v) is 5.94. The number of benzene rings is 1. The lowest BCUT2D eigenvalue weighted by Crippen LogP contribution is -2.23. The van der Waals surface area contributed by atoms with Crippen molar-refractivity contribution in [1.29, 1.82) is 0 Å². The zero-order valence-corrected chi connectivity index (χ0v) is 13.0. The summed E-state index contributed by atoms with van der Waals surface area (Å²) in [5.74, 6) is 2.59. The summed E-state index contributed by atoms with van der Waals surface area (Å²) in [4.78, 5) is 11.4. The third-order valence-corrected chi connectivity index (χ3v) is 4.52. The molecule has 1 N–H and O–H groups in total. The van der Waals surface area contributed by atoms with Gasteiger partial charge in [-0.25, -0.2) is 4.79 Å². The Labute approximate surface area is 128 Å². The molecule has 21 heavy (non-hydrogen) atoms. The summed E-state index contributed by atoms with van der Waals surface area (Å²) in [7, 11) is 2.77. The second kappa shape index (κ2) is 7.56. The van der Waals surface area contributed by atoms with Gasteiger partial charge in [-0.1, -0.05) is 6.07 Å². The fourth-order valence-corrected chi connectivity index (χ4v) is 3.22. The minimum absolute atomic E-state index is 0.175. The highest BCUT2D eigenvalue weighted by Crippen LogP contribution is 2.33. The van der Waals surface area contributed by atoms with E-state index in [1.807, 2.05) is 11.8 Å². The SMILES string of the molecule is COC(=O)C(O)c1ccc(OC2CCCSC2)c(OC)c1. The van der Waals surface area contributed by atoms with Gasteiger partial charge in [0.1, 0.15) is 6.10 Å². The van der Waals surface area contributed by atoms with Crippen molar-refractivity contribution in [3.63, 3.8) is 0 Å². The molecule has 1 heterocycles. The predicted molar refractivity (Wildman–Crippen MR) is 80.9 cm³/mol. The van der Waals surface area contributed by atoms with E-state index in [2.05, 4.69) is 4.74 Å². The van der Waals surface area contributed by atoms with Gasteiger partial charge in [0.2, 0.25) is 0 Å². The molecule has 116 valence electrons. The fraction of sp³-hybridized carbons (Fsp3) is 0.533. The van der Waals surface area contributed by atoms with Crippen molar-refractivity contribution in [1.82, 2.24) is 0 Å². The van der Waals surface area contributed by atoms with Crippen molar-refractivity contribution < 1.29 is 24.1 Å². The number of aliphatic hydroxyl groups is 1. The highest BCUT2D eigenvalue weighted by molar-refractivity contribution is 7.99. The molecule has 2 atom stereocenters. The van der Waals surface area contributed by atoms with Crippen LogP contribution in [0.5, 0.6) is 11.5 Å². The zero-order chi connectivity index (χ0) is 15.2. The summed E-state index contributed by atoms with van der Waals surface area (Å²) in [5, 5.41) is 9.85. The average molecular weight is 312 g/mol. The van der Waals surface area contributed by atoms with Gasteiger partial charge < -0.3 is 19.3 Å². The Bertz CT molecular complexity index is 485. The molecule has 0 saturated carbocycles. The van der Waals surface area contributed by atoms with E-state index in [1.54, 1.807) is 18.2 Å². The minimum Gasteiger partial charge on any atom is -0.493 e. The molecule has 0 aromatic heterocycles. The van der Waals surface area contributed by atoms with E-state index in [0.29, 0.717) is 17.1 Å². The first-order valence-corrected chi connectivity index (χ1v) is 7.99. The van der Waals surface area contributed by atoms with Gasteiger partial charge in [0.05, 0.1) is 14.2 Å². The first-order valence-electron chi connectivity index (χ1n) is 6.84. The number of esters is 1. The Kier molecular flexibility index (Phi) is 5.76. The zero-order valence-electron chi connectivity index (χ0n) is 12.2. The number of rotatable bonds is 5. The molecule has 1 aromatic rings. The standard InChI is InChI=1S/C15H20O5S/c1-18-13-8-10(14(16)15(17)19-2)5-6-12(13)20-11-4-3-7-21-9-11/h5-6,8,11,14,16H,3-4,7,9H2,1-2H3. The molecule has 0 amide bonds. The maximum atomic E-state index is 11.4. The highest BCUT2D eigenvalue weighted by Gasteiger charge is 2.21. The van der Waals surface area contributed by atoms with Crippen LogP contribution in [0.15, 0.2) is 18.2 Å². The van der Waals surface area contributed by atoms with Gasteiger partial charge in [-0.05, 0) is 36.3 Å². The number of thioether (sulfide) groups is 1. The van der Waals surface area contributed by atoms with Crippen LogP contribution in [0.3, 0.4) is 0 Å². The maximum absolute atomic E-state index is 11.4. The number of ether oxygens (including phenoxy) is 3. The van der Waals surface area contributed by atoms with Crippen molar-refractivity contribution in [2.45, 2.75) is 25.0 Å². The van der Waals surface area contributed by atoms with Crippen LogP contribution in [-0.4, -0.2) is 42.9 Å². The van der Waals surface area contributed by atoms with Crippen LogP contribution in [0.4, 0.5) is 0 Å². The van der Waals surface area contributed by atoms with Gasteiger partial charge in [0.15, 0.2) is 17.6 Å². The molecule has 1 fully saturated rings. The Morgan fingerprint density at radius 3 is 2.81 bits per heavy atom. The van der Waals surface area contributed by atoms with Crippen LogP contribution in [0.2, 0.25) is 0 Å². The summed E-state index contributed by atoms with van der Waals surface area (Å²) in [6.07, 6.45) is 1.04. The summed E-state index contributed by atoms with van der Waals surface area (Å²) >= 11 is 1.88. The largest absolute Gasteiger partial charge is 0.493 e. The lowest BCUT2D eigenvalue weighted by Gasteiger charge is -2.24. The lowest BCUT2D eigenvalue weighted by atomic mass is 10.1. The summed E-state index contributed by atoms with van der Waals surface area (Å²) in [5.41, 5.74) is 0.420. The van der Waals surface area contributed by atoms with Gasteiger partial charge in [0, 0.05) is 5.75 Å². The molecule has 0 spiro atoms. The molecule has 1 saturated heterocycles. The van der Waals surface area contributed by atoms with Gasteiger partial charge >= 0.3 is 5.97 Å². The number of carbonyl (C=O) groups excluding carboxylic acids is 1. The first kappa shape index (κ1) is 16.0. The Balaban J connectivity index is 2.13. The normalized spacial score (nSPS) is 19.7. The minimum atomic E-state index is -1.32. The van der Waals surface area contributed by atoms with Crippen molar-refractivity contribution in [2.75, 3.05) is 25.7 Å². The molecular weight excluding hydrogens is 292 g/mol. The monoisotopic (exact) mass is 312 g/mol. The molecule has 1 aromatic carbocycles. The van der Waals surface area contributed by atoms with Crippen molar-refractivity contribution in [2.24, 2.45) is 0 Å². The van der Waals surface area contributed by atoms with Crippen molar-refractivity contribution in [3.05, 3.63) is 23.8 Å². The van der Waals surface area contributed by atoms with Crippen LogP contribution in [0, 0.1) is 0 Å². The summed E-state index contributed by atoms with van der Waals surface area (Å²) < 4.78 is 15.8. The van der Waals surface area contributed by atoms with Crippen molar-refractivity contribution in [3.8, 4) is 11.5 Å². The van der Waals surface area contributed by atoms with Gasteiger partial charge in [-0.15, -0.1) is 0 Å². The van der Waals surface area contributed by atoms with Crippen LogP contribution in [0.1, 0.15) is 24.5 Å². The number of methoxy groups -OCH3 is 2. The molecule has 1 aliphatic heterocycles. The summed E-state index contributed by atoms with van der Waals surface area (Å²) in [6.45, 7) is 0. The topological polar surface area (TPSA) is 65.0 Å². The van der Waals surface area contributed by atoms with Gasteiger partial charge in [-0.2, -0.15) is 11.8 Å². The fourth-order valence-electron chi connectivity index (χ4n) is 2.18. The van der Waals surface area contributed by atoms with E-state index in [9.17, 15) is 9.90 Å². The first-order chi connectivity index (χ1) is 10.2. The van der Waals surface area contributed by atoms with E-state index in [4.69, 9.17) is 9.47 Å². The Morgan fingerprint density at radius 2 is 2.19 bits per heavy atom. The maximum Gasteiger partial charge on any atom is 0.339 e. The lowest BCUT2D eigenvalue weighted by molar-refractivity contribution is -0.150. The second-order valence-electron chi connectivity index (χ2n) is 4.79. The third-order valence-electron chi connectivity index (χ3n) is 3.34. The number of aliphatic hydroxyl groups excluding tert-OH is 1. The smallest absolute Gasteiger partial charge is 0.339 e. The van der Waals surface area contributed by atoms with Crippen LogP contribution in [-0.2, 0) is 9.53 Å².